The van der Waals surface area contributed by atoms with Gasteiger partial charge in [0.2, 0.25) is 0 Å². The molecule has 0 atom stereocenters. The summed E-state index contributed by atoms with van der Waals surface area (Å²) in [5.74, 6) is 1.69. The fraction of sp³-hybridized carbons (Fsp3) is 0.231. The van der Waals surface area contributed by atoms with Crippen LogP contribution in [0.3, 0.4) is 0 Å². The number of anilines is 1. The maximum Gasteiger partial charge on any atom is 0.120 e. The lowest BCUT2D eigenvalue weighted by Gasteiger charge is -2.08. The molecule has 0 aliphatic rings. The van der Waals surface area contributed by atoms with E-state index in [1.54, 1.807) is 13.4 Å². The summed E-state index contributed by atoms with van der Waals surface area (Å²) in [4.78, 5) is 0. The highest BCUT2D eigenvalue weighted by Gasteiger charge is 2.01. The maximum absolute atomic E-state index is 5.91. The molecule has 17 heavy (non-hydrogen) atoms. The smallest absolute Gasteiger partial charge is 0.120 e. The predicted octanol–water partition coefficient (Wildman–Crippen LogP) is 2.16. The molecule has 1 aromatic heterocycles. The quantitative estimate of drug-likeness (QED) is 0.775. The van der Waals surface area contributed by atoms with Crippen molar-refractivity contribution in [2.45, 2.75) is 13.1 Å². The molecule has 0 saturated heterocycles. The minimum absolute atomic E-state index is 0.693. The molecule has 0 amide bonds. The molecule has 3 N–H and O–H groups in total. The van der Waals surface area contributed by atoms with Crippen molar-refractivity contribution in [2.24, 2.45) is 0 Å². The van der Waals surface area contributed by atoms with Gasteiger partial charge in [-0.15, -0.1) is 0 Å². The van der Waals surface area contributed by atoms with Gasteiger partial charge < -0.3 is 20.2 Å². The molecule has 0 fully saturated rings. The number of methoxy groups -OCH3 is 1. The minimum atomic E-state index is 0.693. The molecule has 1 aromatic carbocycles. The third kappa shape index (κ3) is 3.01. The van der Waals surface area contributed by atoms with Crippen LogP contribution in [0.15, 0.2) is 41.0 Å². The van der Waals surface area contributed by atoms with E-state index < -0.39 is 0 Å². The second-order valence-corrected chi connectivity index (χ2v) is 3.75. The van der Waals surface area contributed by atoms with Crippen molar-refractivity contribution in [1.82, 2.24) is 5.32 Å². The van der Waals surface area contributed by atoms with E-state index in [0.717, 1.165) is 22.8 Å². The van der Waals surface area contributed by atoms with E-state index >= 15 is 0 Å². The van der Waals surface area contributed by atoms with Crippen LogP contribution in [0.4, 0.5) is 5.69 Å². The lowest BCUT2D eigenvalue weighted by Crippen LogP contribution is -2.13. The first kappa shape index (κ1) is 11.5. The highest BCUT2D eigenvalue weighted by atomic mass is 16.5. The Balaban J connectivity index is 1.90. The zero-order chi connectivity index (χ0) is 12.1. The Morgan fingerprint density at radius 3 is 2.82 bits per heavy atom. The summed E-state index contributed by atoms with van der Waals surface area (Å²) in [6.07, 6.45) is 1.67. The monoisotopic (exact) mass is 232 g/mol. The molecule has 0 unspecified atom stereocenters. The summed E-state index contributed by atoms with van der Waals surface area (Å²) in [6.45, 7) is 1.40. The number of hydrogen-bond acceptors (Lipinski definition) is 4. The van der Waals surface area contributed by atoms with E-state index in [2.05, 4.69) is 5.32 Å². The van der Waals surface area contributed by atoms with Gasteiger partial charge in [-0.05, 0) is 23.8 Å². The Bertz CT molecular complexity index is 466. The van der Waals surface area contributed by atoms with Crippen molar-refractivity contribution >= 4 is 5.69 Å². The number of nitrogen functional groups attached to an aromatic ring is 1. The van der Waals surface area contributed by atoms with Gasteiger partial charge in [-0.2, -0.15) is 0 Å². The van der Waals surface area contributed by atoms with Gasteiger partial charge in [0.1, 0.15) is 11.5 Å². The molecular weight excluding hydrogens is 216 g/mol. The van der Waals surface area contributed by atoms with Crippen molar-refractivity contribution in [1.29, 1.82) is 0 Å². The van der Waals surface area contributed by atoms with E-state index in [4.69, 9.17) is 14.9 Å². The lowest BCUT2D eigenvalue weighted by atomic mass is 10.1. The molecule has 4 heteroatoms. The summed E-state index contributed by atoms with van der Waals surface area (Å²) in [7, 11) is 1.63. The molecule has 0 spiro atoms. The fourth-order valence-corrected chi connectivity index (χ4v) is 1.59. The Kier molecular flexibility index (Phi) is 3.67. The molecule has 4 nitrogen and oxygen atoms in total. The van der Waals surface area contributed by atoms with E-state index in [9.17, 15) is 0 Å². The van der Waals surface area contributed by atoms with E-state index in [-0.39, 0.29) is 0 Å². The summed E-state index contributed by atoms with van der Waals surface area (Å²) in [5, 5.41) is 3.27. The Morgan fingerprint density at radius 1 is 1.29 bits per heavy atom. The van der Waals surface area contributed by atoms with Crippen LogP contribution in [-0.2, 0) is 13.1 Å². The number of ether oxygens (including phenoxy) is 1. The van der Waals surface area contributed by atoms with Gasteiger partial charge in [-0.3, -0.25) is 0 Å². The molecular formula is C13H16N2O2. The van der Waals surface area contributed by atoms with Gasteiger partial charge in [-0.25, -0.2) is 0 Å². The fourth-order valence-electron chi connectivity index (χ4n) is 1.59. The Labute approximate surface area is 100 Å². The van der Waals surface area contributed by atoms with E-state index in [1.807, 2.05) is 30.3 Å². The minimum Gasteiger partial charge on any atom is -0.497 e. The zero-order valence-corrected chi connectivity index (χ0v) is 9.77. The second-order valence-electron chi connectivity index (χ2n) is 3.75. The zero-order valence-electron chi connectivity index (χ0n) is 9.77. The second kappa shape index (κ2) is 5.41. The van der Waals surface area contributed by atoms with Gasteiger partial charge in [-0.1, -0.05) is 6.07 Å². The topological polar surface area (TPSA) is 60.4 Å². The van der Waals surface area contributed by atoms with E-state index in [1.165, 1.54) is 0 Å². The van der Waals surface area contributed by atoms with Crippen LogP contribution in [0.25, 0.3) is 0 Å². The summed E-state index contributed by atoms with van der Waals surface area (Å²) in [6, 6.07) is 9.50. The van der Waals surface area contributed by atoms with E-state index in [0.29, 0.717) is 13.1 Å². The van der Waals surface area contributed by atoms with Crippen LogP contribution in [0.1, 0.15) is 11.3 Å². The number of nitrogens with two attached hydrogens (primary N) is 1. The number of rotatable bonds is 5. The Morgan fingerprint density at radius 2 is 2.18 bits per heavy atom. The molecule has 0 aliphatic carbocycles. The van der Waals surface area contributed by atoms with Crippen molar-refractivity contribution in [3.05, 3.63) is 47.9 Å². The van der Waals surface area contributed by atoms with Crippen molar-refractivity contribution < 1.29 is 9.15 Å². The molecule has 2 aromatic rings. The van der Waals surface area contributed by atoms with Gasteiger partial charge >= 0.3 is 0 Å². The van der Waals surface area contributed by atoms with Crippen LogP contribution in [0.2, 0.25) is 0 Å². The summed E-state index contributed by atoms with van der Waals surface area (Å²) >= 11 is 0. The highest BCUT2D eigenvalue weighted by molar-refractivity contribution is 5.51. The number of furan rings is 1. The van der Waals surface area contributed by atoms with Gasteiger partial charge in [0, 0.05) is 18.3 Å². The third-order valence-corrected chi connectivity index (χ3v) is 2.55. The van der Waals surface area contributed by atoms with Crippen LogP contribution >= 0.6 is 0 Å². The first-order chi connectivity index (χ1) is 8.29. The van der Waals surface area contributed by atoms with Crippen molar-refractivity contribution in [2.75, 3.05) is 12.8 Å². The standard InChI is InChI=1S/C13H16N2O2/c1-16-11-5-4-10(13(14)7-11)8-15-9-12-3-2-6-17-12/h2-7,15H,8-9,14H2,1H3. The highest BCUT2D eigenvalue weighted by Crippen LogP contribution is 2.19. The normalized spacial score (nSPS) is 10.4. The maximum atomic E-state index is 5.91. The molecule has 2 rings (SSSR count). The molecule has 0 saturated carbocycles. The molecule has 0 bridgehead atoms. The van der Waals surface area contributed by atoms with Gasteiger partial charge in [0.25, 0.3) is 0 Å². The number of benzene rings is 1. The van der Waals surface area contributed by atoms with Crippen molar-refractivity contribution in [3.63, 3.8) is 0 Å². The van der Waals surface area contributed by atoms with Crippen LogP contribution in [-0.4, -0.2) is 7.11 Å². The largest absolute Gasteiger partial charge is 0.497 e. The first-order valence-electron chi connectivity index (χ1n) is 5.45. The van der Waals surface area contributed by atoms with Crippen LogP contribution in [0.5, 0.6) is 5.75 Å². The lowest BCUT2D eigenvalue weighted by molar-refractivity contribution is 0.415. The molecule has 1 heterocycles. The molecule has 90 valence electrons. The SMILES string of the molecule is COc1ccc(CNCc2ccco2)c(N)c1. The predicted molar refractivity (Wildman–Crippen MR) is 66.7 cm³/mol. The molecule has 0 aliphatic heterocycles. The number of nitrogens with one attached hydrogen (secondary N) is 1. The Hall–Kier alpha value is -1.94. The average molecular weight is 232 g/mol. The third-order valence-electron chi connectivity index (χ3n) is 2.55. The average Bonchev–Trinajstić information content (AvgIpc) is 2.84. The van der Waals surface area contributed by atoms with Crippen LogP contribution < -0.4 is 15.8 Å². The number of hydrogen-bond donors (Lipinski definition) is 2. The van der Waals surface area contributed by atoms with Gasteiger partial charge in [0.05, 0.1) is 19.9 Å². The first-order valence-corrected chi connectivity index (χ1v) is 5.45. The van der Waals surface area contributed by atoms with Crippen molar-refractivity contribution in [3.8, 4) is 5.75 Å². The summed E-state index contributed by atoms with van der Waals surface area (Å²) < 4.78 is 10.3. The summed E-state index contributed by atoms with van der Waals surface area (Å²) in [5.41, 5.74) is 7.70. The molecule has 0 radical (unpaired) electrons. The van der Waals surface area contributed by atoms with Crippen LogP contribution in [0, 0.1) is 0 Å². The van der Waals surface area contributed by atoms with Gasteiger partial charge in [0.15, 0.2) is 0 Å².